The van der Waals surface area contributed by atoms with Crippen molar-refractivity contribution in [3.63, 3.8) is 0 Å². The summed E-state index contributed by atoms with van der Waals surface area (Å²) < 4.78 is 0. The third-order valence-electron chi connectivity index (χ3n) is 4.74. The monoisotopic (exact) mass is 325 g/mol. The maximum atomic E-state index is 4.37. The van der Waals surface area contributed by atoms with Crippen molar-refractivity contribution in [1.29, 1.82) is 0 Å². The lowest BCUT2D eigenvalue weighted by molar-refractivity contribution is -0.0683. The van der Waals surface area contributed by atoms with Gasteiger partial charge in [0.05, 0.1) is 0 Å². The second-order valence-electron chi connectivity index (χ2n) is 6.33. The zero-order valence-corrected chi connectivity index (χ0v) is 14.7. The molecule has 24 heavy (non-hydrogen) atoms. The van der Waals surface area contributed by atoms with E-state index >= 15 is 0 Å². The summed E-state index contributed by atoms with van der Waals surface area (Å²) in [7, 11) is 0. The lowest BCUT2D eigenvalue weighted by Gasteiger charge is -2.43. The minimum absolute atomic E-state index is 0.532. The zero-order valence-electron chi connectivity index (χ0n) is 14.7. The fourth-order valence-electron chi connectivity index (χ4n) is 3.12. The Morgan fingerprint density at radius 1 is 1.00 bits per heavy atom. The van der Waals surface area contributed by atoms with Gasteiger partial charge in [-0.3, -0.25) is 0 Å². The van der Waals surface area contributed by atoms with Crippen molar-refractivity contribution in [2.24, 2.45) is 0 Å². The molecule has 0 radical (unpaired) electrons. The Bertz CT molecular complexity index is 596. The van der Waals surface area contributed by atoms with Crippen molar-refractivity contribution in [2.75, 3.05) is 31.1 Å². The van der Waals surface area contributed by atoms with Gasteiger partial charge >= 0.3 is 0 Å². The van der Waals surface area contributed by atoms with Gasteiger partial charge in [0.1, 0.15) is 0 Å². The van der Waals surface area contributed by atoms with E-state index in [0.29, 0.717) is 6.04 Å². The molecule has 0 spiro atoms. The average Bonchev–Trinajstić information content (AvgIpc) is 2.67. The quantitative estimate of drug-likeness (QED) is 0.816. The molecule has 5 heteroatoms. The van der Waals surface area contributed by atoms with Gasteiger partial charge in [0.2, 0.25) is 5.95 Å². The summed E-state index contributed by atoms with van der Waals surface area (Å²) in [5.74, 6) is 0.843. The fourth-order valence-corrected chi connectivity index (χ4v) is 3.12. The van der Waals surface area contributed by atoms with Crippen LogP contribution in [0.4, 0.5) is 5.95 Å². The van der Waals surface area contributed by atoms with E-state index in [-0.39, 0.29) is 0 Å². The van der Waals surface area contributed by atoms with Gasteiger partial charge in [-0.1, -0.05) is 37.3 Å². The summed E-state index contributed by atoms with van der Waals surface area (Å²) >= 11 is 0. The molecule has 0 saturated carbocycles. The van der Waals surface area contributed by atoms with Crippen LogP contribution in [0.15, 0.2) is 48.8 Å². The lowest BCUT2D eigenvalue weighted by Crippen LogP contribution is -2.56. The van der Waals surface area contributed by atoms with Crippen LogP contribution in [0, 0.1) is 0 Å². The molecule has 128 valence electrons. The van der Waals surface area contributed by atoms with Crippen LogP contribution in [-0.2, 0) is 6.54 Å². The second kappa shape index (κ2) is 8.22. The Morgan fingerprint density at radius 2 is 1.67 bits per heavy atom. The molecule has 0 unspecified atom stereocenters. The number of aromatic nitrogens is 2. The van der Waals surface area contributed by atoms with Crippen molar-refractivity contribution in [2.45, 2.75) is 32.9 Å². The van der Waals surface area contributed by atoms with Crippen LogP contribution in [0.5, 0.6) is 0 Å². The van der Waals surface area contributed by atoms with Gasteiger partial charge in [-0.05, 0) is 25.0 Å². The third kappa shape index (κ3) is 4.10. The minimum atomic E-state index is 0.532. The van der Waals surface area contributed by atoms with Crippen molar-refractivity contribution in [1.82, 2.24) is 20.0 Å². The molecule has 1 saturated heterocycles. The van der Waals surface area contributed by atoms with Crippen LogP contribution in [-0.4, -0.2) is 52.2 Å². The van der Waals surface area contributed by atoms with Crippen LogP contribution < -0.4 is 4.90 Å². The highest BCUT2D eigenvalue weighted by atomic mass is 15.6. The number of hydrogen-bond acceptors (Lipinski definition) is 5. The van der Waals surface area contributed by atoms with Gasteiger partial charge in [-0.15, -0.1) is 0 Å². The Labute approximate surface area is 144 Å². The summed E-state index contributed by atoms with van der Waals surface area (Å²) in [5, 5.41) is 5.03. The highest BCUT2D eigenvalue weighted by molar-refractivity contribution is 5.29. The van der Waals surface area contributed by atoms with Crippen LogP contribution in [0.2, 0.25) is 0 Å². The summed E-state index contributed by atoms with van der Waals surface area (Å²) in [6, 6.07) is 13.1. The predicted octanol–water partition coefficient (Wildman–Crippen LogP) is 2.81. The molecule has 0 bridgehead atoms. The molecule has 0 amide bonds. The minimum Gasteiger partial charge on any atom is -0.338 e. The lowest BCUT2D eigenvalue weighted by atomic mass is 10.2. The molecule has 3 rings (SSSR count). The van der Waals surface area contributed by atoms with Gasteiger partial charge in [-0.2, -0.15) is 0 Å². The first kappa shape index (κ1) is 16.9. The molecule has 0 N–H and O–H groups in total. The second-order valence-corrected chi connectivity index (χ2v) is 6.33. The summed E-state index contributed by atoms with van der Waals surface area (Å²) in [5.41, 5.74) is 1.37. The molecule has 2 aromatic rings. The zero-order chi connectivity index (χ0) is 16.8. The molecule has 0 aliphatic carbocycles. The molecular formula is C19H27N5. The van der Waals surface area contributed by atoms with Gasteiger partial charge in [0, 0.05) is 51.2 Å². The van der Waals surface area contributed by atoms with E-state index < -0.39 is 0 Å². The largest absolute Gasteiger partial charge is 0.338 e. The Kier molecular flexibility index (Phi) is 5.77. The third-order valence-corrected chi connectivity index (χ3v) is 4.74. The van der Waals surface area contributed by atoms with E-state index in [1.165, 1.54) is 5.56 Å². The van der Waals surface area contributed by atoms with Crippen LogP contribution in [0.3, 0.4) is 0 Å². The topological polar surface area (TPSA) is 35.5 Å². The molecule has 5 nitrogen and oxygen atoms in total. The Hall–Kier alpha value is -1.98. The van der Waals surface area contributed by atoms with E-state index in [1.54, 1.807) is 0 Å². The first-order valence-corrected chi connectivity index (χ1v) is 8.85. The summed E-state index contributed by atoms with van der Waals surface area (Å²) in [6.07, 6.45) is 4.78. The molecule has 1 fully saturated rings. The number of anilines is 1. The van der Waals surface area contributed by atoms with Crippen molar-refractivity contribution < 1.29 is 0 Å². The molecular weight excluding hydrogens is 298 g/mol. The first-order valence-electron chi connectivity index (χ1n) is 8.85. The van der Waals surface area contributed by atoms with Crippen molar-refractivity contribution >= 4 is 5.95 Å². The van der Waals surface area contributed by atoms with E-state index in [0.717, 1.165) is 45.1 Å². The normalized spacial score (nSPS) is 17.2. The average molecular weight is 325 g/mol. The van der Waals surface area contributed by atoms with Gasteiger partial charge in [0.25, 0.3) is 0 Å². The Balaban J connectivity index is 1.64. The highest BCUT2D eigenvalue weighted by Gasteiger charge is 2.25. The maximum absolute atomic E-state index is 4.37. The summed E-state index contributed by atoms with van der Waals surface area (Å²) in [6.45, 7) is 9.49. The van der Waals surface area contributed by atoms with E-state index in [9.17, 15) is 0 Å². The van der Waals surface area contributed by atoms with Gasteiger partial charge in [0.15, 0.2) is 0 Å². The first-order chi connectivity index (χ1) is 11.8. The van der Waals surface area contributed by atoms with Gasteiger partial charge < -0.3 is 4.90 Å². The van der Waals surface area contributed by atoms with Crippen LogP contribution in [0.25, 0.3) is 0 Å². The standard InChI is InChI=1S/C19H27N5/c1-3-17(2)24(16-18-8-5-4-6-9-18)23-14-12-22(13-15-23)19-20-10-7-11-21-19/h4-11,17H,3,12-16H2,1-2H3/t17-/m0/s1. The van der Waals surface area contributed by atoms with E-state index in [2.05, 4.69) is 69.1 Å². The van der Waals surface area contributed by atoms with Crippen molar-refractivity contribution in [3.8, 4) is 0 Å². The number of nitrogens with zero attached hydrogens (tertiary/aromatic N) is 5. The molecule has 1 atom stereocenters. The summed E-state index contributed by atoms with van der Waals surface area (Å²) in [4.78, 5) is 11.0. The Morgan fingerprint density at radius 3 is 2.29 bits per heavy atom. The molecule has 1 aliphatic rings. The van der Waals surface area contributed by atoms with Crippen LogP contribution in [0.1, 0.15) is 25.8 Å². The van der Waals surface area contributed by atoms with Gasteiger partial charge in [-0.25, -0.2) is 20.0 Å². The SMILES string of the molecule is CC[C@H](C)N(Cc1ccccc1)N1CCN(c2ncccn2)CC1. The molecule has 1 aromatic carbocycles. The highest BCUT2D eigenvalue weighted by Crippen LogP contribution is 2.17. The number of piperazine rings is 1. The number of hydrazine groups is 1. The fraction of sp³-hybridized carbons (Fsp3) is 0.474. The molecule has 2 heterocycles. The molecule has 1 aromatic heterocycles. The maximum Gasteiger partial charge on any atom is 0.225 e. The van der Waals surface area contributed by atoms with E-state index in [1.807, 2.05) is 18.5 Å². The number of benzene rings is 1. The predicted molar refractivity (Wildman–Crippen MR) is 97.6 cm³/mol. The number of hydrogen-bond donors (Lipinski definition) is 0. The molecule has 1 aliphatic heterocycles. The van der Waals surface area contributed by atoms with Crippen LogP contribution >= 0.6 is 0 Å². The number of rotatable bonds is 6. The van der Waals surface area contributed by atoms with E-state index in [4.69, 9.17) is 0 Å². The smallest absolute Gasteiger partial charge is 0.225 e. The van der Waals surface area contributed by atoms with Crippen molar-refractivity contribution in [3.05, 3.63) is 54.4 Å².